The summed E-state index contributed by atoms with van der Waals surface area (Å²) in [5.41, 5.74) is 4.99. The van der Waals surface area contributed by atoms with Crippen molar-refractivity contribution in [3.8, 4) is 0 Å². The number of nitrogens with one attached hydrogen (secondary N) is 1. The van der Waals surface area contributed by atoms with Gasteiger partial charge in [0.1, 0.15) is 5.82 Å². The van der Waals surface area contributed by atoms with Crippen molar-refractivity contribution in [3.05, 3.63) is 69.9 Å². The average molecular weight is 422 g/mol. The smallest absolute Gasteiger partial charge is 0.264 e. The van der Waals surface area contributed by atoms with Crippen LogP contribution >= 0.6 is 11.8 Å². The summed E-state index contributed by atoms with van der Waals surface area (Å²) in [6.45, 7) is 8.22. The Balaban J connectivity index is 1.67. The zero-order valence-electron chi connectivity index (χ0n) is 17.7. The molecule has 0 unspecified atom stereocenters. The van der Waals surface area contributed by atoms with E-state index in [1.165, 1.54) is 11.8 Å². The van der Waals surface area contributed by atoms with E-state index in [9.17, 15) is 9.18 Å². The van der Waals surface area contributed by atoms with Gasteiger partial charge in [0.05, 0.1) is 16.1 Å². The van der Waals surface area contributed by atoms with Gasteiger partial charge in [0.15, 0.2) is 5.17 Å². The number of rotatable bonds is 2. The Morgan fingerprint density at radius 2 is 1.97 bits per heavy atom. The zero-order chi connectivity index (χ0) is 21.6. The first-order valence-electron chi connectivity index (χ1n) is 9.77. The molecule has 1 saturated heterocycles. The lowest BCUT2D eigenvalue weighted by Gasteiger charge is -2.40. The van der Waals surface area contributed by atoms with Gasteiger partial charge in [0.2, 0.25) is 0 Å². The Labute approximate surface area is 180 Å². The number of allylic oxidation sites excluding steroid dienone is 1. The molecule has 2 aromatic rings. The number of likely N-dealkylation sites (N-methyl/N-ethyl adjacent to an activating group) is 1. The highest BCUT2D eigenvalue weighted by molar-refractivity contribution is 8.18. The molecule has 2 aliphatic rings. The minimum atomic E-state index is -0.351. The molecule has 2 aromatic carbocycles. The number of aryl methyl sites for hydroxylation is 1. The average Bonchev–Trinajstić information content (AvgIpc) is 2.99. The topological polar surface area (TPSA) is 44.7 Å². The lowest BCUT2D eigenvalue weighted by atomic mass is 9.88. The molecule has 6 heteroatoms. The zero-order valence-corrected chi connectivity index (χ0v) is 18.5. The van der Waals surface area contributed by atoms with Crippen LogP contribution in [0.5, 0.6) is 0 Å². The summed E-state index contributed by atoms with van der Waals surface area (Å²) in [6.07, 6.45) is 3.77. The van der Waals surface area contributed by atoms with Crippen LogP contribution in [0.3, 0.4) is 0 Å². The van der Waals surface area contributed by atoms with Gasteiger partial charge in [0.25, 0.3) is 5.91 Å². The Bertz CT molecular complexity index is 1150. The number of nitrogens with zero attached hydrogens (tertiary/aromatic N) is 2. The lowest BCUT2D eigenvalue weighted by molar-refractivity contribution is -0.115. The fourth-order valence-electron chi connectivity index (χ4n) is 3.73. The van der Waals surface area contributed by atoms with Crippen molar-refractivity contribution in [2.75, 3.05) is 11.9 Å². The Morgan fingerprint density at radius 3 is 2.70 bits per heavy atom. The Kier molecular flexibility index (Phi) is 5.06. The molecule has 30 heavy (non-hydrogen) atoms. The molecule has 0 radical (unpaired) electrons. The quantitative estimate of drug-likeness (QED) is 0.637. The molecule has 0 spiro atoms. The second-order valence-corrected chi connectivity index (χ2v) is 9.28. The number of thioether (sulfide) groups is 1. The second kappa shape index (κ2) is 7.43. The molecule has 0 saturated carbocycles. The van der Waals surface area contributed by atoms with E-state index in [1.807, 2.05) is 51.2 Å². The van der Waals surface area contributed by atoms with Crippen LogP contribution in [0, 0.1) is 12.7 Å². The molecular weight excluding hydrogens is 397 g/mol. The first kappa shape index (κ1) is 20.4. The summed E-state index contributed by atoms with van der Waals surface area (Å²) in [7, 11) is 1.97. The van der Waals surface area contributed by atoms with Crippen molar-refractivity contribution in [1.29, 1.82) is 0 Å². The Morgan fingerprint density at radius 1 is 1.20 bits per heavy atom. The van der Waals surface area contributed by atoms with Gasteiger partial charge in [-0.15, -0.1) is 0 Å². The molecule has 0 aliphatic carbocycles. The highest BCUT2D eigenvalue weighted by Gasteiger charge is 2.30. The number of carbonyl (C=O) groups is 1. The fourth-order valence-corrected chi connectivity index (χ4v) is 4.57. The van der Waals surface area contributed by atoms with Crippen LogP contribution in [0.1, 0.15) is 37.5 Å². The molecule has 0 bridgehead atoms. The van der Waals surface area contributed by atoms with E-state index in [4.69, 9.17) is 0 Å². The SMILES string of the molecule is CC1=CC(C)(C)N(C)c2cc(F)c(/C=C3/SC(=Nc4cccc(C)c4)NC3=O)cc21. The molecule has 1 fully saturated rings. The van der Waals surface area contributed by atoms with Crippen molar-refractivity contribution in [3.63, 3.8) is 0 Å². The number of hydrogen-bond donors (Lipinski definition) is 1. The van der Waals surface area contributed by atoms with E-state index < -0.39 is 0 Å². The third-order valence-corrected chi connectivity index (χ3v) is 6.42. The summed E-state index contributed by atoms with van der Waals surface area (Å²) in [5.74, 6) is -0.620. The van der Waals surface area contributed by atoms with Crippen LogP contribution in [-0.2, 0) is 4.79 Å². The van der Waals surface area contributed by atoms with E-state index >= 15 is 0 Å². The molecule has 154 valence electrons. The third kappa shape index (κ3) is 3.79. The summed E-state index contributed by atoms with van der Waals surface area (Å²) in [4.78, 5) is 19.4. The van der Waals surface area contributed by atoms with Gasteiger partial charge in [-0.1, -0.05) is 18.2 Å². The number of amidine groups is 1. The van der Waals surface area contributed by atoms with Gasteiger partial charge in [-0.25, -0.2) is 9.38 Å². The number of amides is 1. The maximum Gasteiger partial charge on any atom is 0.264 e. The molecule has 4 nitrogen and oxygen atoms in total. The van der Waals surface area contributed by atoms with E-state index in [-0.39, 0.29) is 17.3 Å². The number of carbonyl (C=O) groups excluding carboxylic acids is 1. The van der Waals surface area contributed by atoms with E-state index in [0.29, 0.717) is 15.6 Å². The third-order valence-electron chi connectivity index (χ3n) is 5.51. The van der Waals surface area contributed by atoms with Crippen LogP contribution in [0.2, 0.25) is 0 Å². The number of benzene rings is 2. The summed E-state index contributed by atoms with van der Waals surface area (Å²) in [5, 5.41) is 3.26. The summed E-state index contributed by atoms with van der Waals surface area (Å²) >= 11 is 1.22. The number of halogens is 1. The van der Waals surface area contributed by atoms with Gasteiger partial charge in [-0.2, -0.15) is 0 Å². The fraction of sp³-hybridized carbons (Fsp3) is 0.250. The molecule has 0 aromatic heterocycles. The molecular formula is C24H24FN3OS. The normalized spacial score (nSPS) is 20.4. The number of hydrogen-bond acceptors (Lipinski definition) is 4. The number of anilines is 1. The molecule has 1 N–H and O–H groups in total. The maximum atomic E-state index is 14.9. The minimum absolute atomic E-state index is 0.189. The highest BCUT2D eigenvalue weighted by Crippen LogP contribution is 2.40. The van der Waals surface area contributed by atoms with Crippen molar-refractivity contribution in [2.24, 2.45) is 4.99 Å². The van der Waals surface area contributed by atoms with Crippen molar-refractivity contribution in [1.82, 2.24) is 5.32 Å². The minimum Gasteiger partial charge on any atom is -0.365 e. The maximum absolute atomic E-state index is 14.9. The first-order chi connectivity index (χ1) is 14.1. The van der Waals surface area contributed by atoms with Crippen molar-refractivity contribution < 1.29 is 9.18 Å². The predicted octanol–water partition coefficient (Wildman–Crippen LogP) is 5.66. The number of aliphatic imine (C=N–C) groups is 1. The number of fused-ring (bicyclic) bond motifs is 1. The molecule has 0 atom stereocenters. The van der Waals surface area contributed by atoms with E-state index in [2.05, 4.69) is 35.1 Å². The summed E-state index contributed by atoms with van der Waals surface area (Å²) < 4.78 is 14.9. The van der Waals surface area contributed by atoms with Crippen LogP contribution < -0.4 is 10.2 Å². The predicted molar refractivity (Wildman–Crippen MR) is 125 cm³/mol. The van der Waals surface area contributed by atoms with Gasteiger partial charge >= 0.3 is 0 Å². The standard InChI is InChI=1S/C24H24FN3OS/c1-14-7-6-8-17(9-14)26-23-27-22(29)21(30-23)11-16-10-18-15(2)13-24(3,4)28(5)20(18)12-19(16)25/h6-13H,1-5H3,(H,26,27,29)/b21-11+. The van der Waals surface area contributed by atoms with E-state index in [1.54, 1.807) is 12.1 Å². The van der Waals surface area contributed by atoms with Crippen LogP contribution in [-0.4, -0.2) is 23.7 Å². The van der Waals surface area contributed by atoms with Gasteiger partial charge in [-0.05, 0) is 80.9 Å². The van der Waals surface area contributed by atoms with Crippen molar-refractivity contribution >= 4 is 45.9 Å². The van der Waals surface area contributed by atoms with Crippen molar-refractivity contribution in [2.45, 2.75) is 33.2 Å². The molecule has 4 rings (SSSR count). The van der Waals surface area contributed by atoms with Crippen LogP contribution in [0.25, 0.3) is 11.6 Å². The van der Waals surface area contributed by atoms with Crippen LogP contribution in [0.15, 0.2) is 52.4 Å². The molecule has 1 amide bonds. The van der Waals surface area contributed by atoms with Gasteiger partial charge < -0.3 is 10.2 Å². The summed E-state index contributed by atoms with van der Waals surface area (Å²) in [6, 6.07) is 11.1. The molecule has 2 aliphatic heterocycles. The van der Waals surface area contributed by atoms with Gasteiger partial charge in [0, 0.05) is 23.9 Å². The second-order valence-electron chi connectivity index (χ2n) is 8.25. The highest BCUT2D eigenvalue weighted by atomic mass is 32.2. The Hall–Kier alpha value is -2.86. The largest absolute Gasteiger partial charge is 0.365 e. The monoisotopic (exact) mass is 421 g/mol. The first-order valence-corrected chi connectivity index (χ1v) is 10.6. The molecule has 2 heterocycles. The van der Waals surface area contributed by atoms with Crippen LogP contribution in [0.4, 0.5) is 15.8 Å². The van der Waals surface area contributed by atoms with E-state index in [0.717, 1.165) is 28.1 Å². The lowest BCUT2D eigenvalue weighted by Crippen LogP contribution is -2.42. The van der Waals surface area contributed by atoms with Gasteiger partial charge in [-0.3, -0.25) is 4.79 Å².